The number of hydrogen-bond acceptors (Lipinski definition) is 7. The molecule has 1 unspecified atom stereocenters. The molecule has 4 aromatic rings. The van der Waals surface area contributed by atoms with Gasteiger partial charge in [0.05, 0.1) is 27.6 Å². The van der Waals surface area contributed by atoms with Gasteiger partial charge in [0.25, 0.3) is 0 Å². The molecule has 0 amide bonds. The fraction of sp³-hybridized carbons (Fsp3) is 0.391. The zero-order valence-electron chi connectivity index (χ0n) is 17.5. The normalized spacial score (nSPS) is 23.2. The molecule has 0 radical (unpaired) electrons. The fourth-order valence-corrected chi connectivity index (χ4v) is 6.02. The first-order chi connectivity index (χ1) is 15.3. The number of nitrogens with zero attached hydrogens (tertiary/aromatic N) is 5. The highest BCUT2D eigenvalue weighted by molar-refractivity contribution is 7.17. The van der Waals surface area contributed by atoms with E-state index in [1.807, 2.05) is 17.9 Å². The Kier molecular flexibility index (Phi) is 4.69. The minimum atomic E-state index is 0.527. The summed E-state index contributed by atoms with van der Waals surface area (Å²) < 4.78 is 1.13. The van der Waals surface area contributed by atoms with Gasteiger partial charge < -0.3 is 10.2 Å². The number of nitrogens with one attached hydrogen (secondary N) is 2. The first kappa shape index (κ1) is 18.9. The lowest BCUT2D eigenvalue weighted by Gasteiger charge is -2.43. The number of piperidine rings is 2. The van der Waals surface area contributed by atoms with E-state index >= 15 is 0 Å². The van der Waals surface area contributed by atoms with E-state index in [1.165, 1.54) is 32.1 Å². The van der Waals surface area contributed by atoms with E-state index in [-0.39, 0.29) is 0 Å². The van der Waals surface area contributed by atoms with Crippen LogP contribution in [-0.2, 0) is 0 Å². The summed E-state index contributed by atoms with van der Waals surface area (Å²) in [4.78, 5) is 6.94. The van der Waals surface area contributed by atoms with Crippen LogP contribution in [0.3, 0.4) is 0 Å². The molecule has 7 nitrogen and oxygen atoms in total. The Bertz CT molecular complexity index is 1170. The van der Waals surface area contributed by atoms with Crippen LogP contribution in [0.25, 0.3) is 32.6 Å². The van der Waals surface area contributed by atoms with Gasteiger partial charge in [-0.15, -0.1) is 21.5 Å². The second-order valence-corrected chi connectivity index (χ2v) is 9.54. The second kappa shape index (κ2) is 7.69. The topological polar surface area (TPSA) is 82.6 Å². The van der Waals surface area contributed by atoms with Crippen molar-refractivity contribution in [1.29, 1.82) is 0 Å². The summed E-state index contributed by atoms with van der Waals surface area (Å²) in [6.07, 6.45) is 10.1. The lowest BCUT2D eigenvalue weighted by molar-refractivity contribution is 0.219. The third-order valence-corrected chi connectivity index (χ3v) is 7.68. The number of aromatic nitrogens is 5. The largest absolute Gasteiger partial charge is 0.355 e. The molecule has 1 aromatic carbocycles. The molecule has 0 saturated carbocycles. The fourth-order valence-electron chi connectivity index (χ4n) is 5.18. The number of rotatable bonds is 4. The zero-order valence-corrected chi connectivity index (χ0v) is 18.3. The minimum absolute atomic E-state index is 0.527. The maximum absolute atomic E-state index is 4.61. The number of H-pyrrole nitrogens is 1. The third-order valence-electron chi connectivity index (χ3n) is 6.82. The molecule has 2 saturated heterocycles. The molecule has 2 fully saturated rings. The summed E-state index contributed by atoms with van der Waals surface area (Å²) in [5.74, 6) is 0.948. The van der Waals surface area contributed by atoms with Gasteiger partial charge in [-0.05, 0) is 37.8 Å². The molecule has 2 aliphatic heterocycles. The Morgan fingerprint density at radius 1 is 1.03 bits per heavy atom. The van der Waals surface area contributed by atoms with Gasteiger partial charge in [0.15, 0.2) is 5.82 Å². The summed E-state index contributed by atoms with van der Waals surface area (Å²) >= 11 is 1.64. The molecule has 0 spiro atoms. The molecular formula is C23H25N7S. The van der Waals surface area contributed by atoms with E-state index in [9.17, 15) is 0 Å². The van der Waals surface area contributed by atoms with Crippen molar-refractivity contribution in [2.75, 3.05) is 11.9 Å². The lowest BCUT2D eigenvalue weighted by Crippen LogP contribution is -2.54. The molecule has 2 aliphatic rings. The van der Waals surface area contributed by atoms with Crippen molar-refractivity contribution in [2.24, 2.45) is 0 Å². The predicted molar refractivity (Wildman–Crippen MR) is 124 cm³/mol. The number of fused-ring (bicyclic) bond motifs is 3. The Morgan fingerprint density at radius 2 is 1.87 bits per heavy atom. The standard InChI is InChI=1S/C23H25N7S/c1-30(17-9-15-3-2-4-16(10-17)27-15)21-8-7-20(28-29-21)19-6-5-18(14-11-25-26-12-14)22-23(19)31-13-24-22/h5-8,11-13,15-17,27H,2-4,9-10H2,1H3,(H,25,26)/t15-,16?,17-/m1/s1. The molecule has 3 aromatic heterocycles. The highest BCUT2D eigenvalue weighted by atomic mass is 32.1. The molecule has 158 valence electrons. The summed E-state index contributed by atoms with van der Waals surface area (Å²) in [5, 5.41) is 20.0. The van der Waals surface area contributed by atoms with E-state index in [4.69, 9.17) is 0 Å². The molecule has 5 heterocycles. The van der Waals surface area contributed by atoms with Crippen LogP contribution in [0.1, 0.15) is 32.1 Å². The van der Waals surface area contributed by atoms with E-state index in [2.05, 4.69) is 66.9 Å². The van der Waals surface area contributed by atoms with Crippen molar-refractivity contribution in [1.82, 2.24) is 30.7 Å². The van der Waals surface area contributed by atoms with E-state index in [0.717, 1.165) is 38.4 Å². The quantitative estimate of drug-likeness (QED) is 0.503. The van der Waals surface area contributed by atoms with Gasteiger partial charge in [0.2, 0.25) is 0 Å². The third kappa shape index (κ3) is 3.40. The molecule has 3 atom stereocenters. The van der Waals surface area contributed by atoms with Crippen LogP contribution in [-0.4, -0.2) is 50.6 Å². The van der Waals surface area contributed by atoms with Crippen LogP contribution in [0, 0.1) is 0 Å². The first-order valence-electron chi connectivity index (χ1n) is 10.9. The average molecular weight is 432 g/mol. The van der Waals surface area contributed by atoms with Crippen LogP contribution in [0.4, 0.5) is 5.82 Å². The predicted octanol–water partition coefficient (Wildman–Crippen LogP) is 4.25. The maximum Gasteiger partial charge on any atom is 0.151 e. The van der Waals surface area contributed by atoms with Crippen LogP contribution in [0.5, 0.6) is 0 Å². The van der Waals surface area contributed by atoms with E-state index in [0.29, 0.717) is 18.1 Å². The highest BCUT2D eigenvalue weighted by Gasteiger charge is 2.33. The molecule has 2 bridgehead atoms. The second-order valence-electron chi connectivity index (χ2n) is 8.68. The van der Waals surface area contributed by atoms with Crippen molar-refractivity contribution in [2.45, 2.75) is 50.2 Å². The Balaban J connectivity index is 1.28. The van der Waals surface area contributed by atoms with Crippen molar-refractivity contribution in [3.63, 3.8) is 0 Å². The number of thiazole rings is 1. The Morgan fingerprint density at radius 3 is 2.61 bits per heavy atom. The van der Waals surface area contributed by atoms with E-state index < -0.39 is 0 Å². The Hall–Kier alpha value is -2.84. The van der Waals surface area contributed by atoms with Gasteiger partial charge >= 0.3 is 0 Å². The smallest absolute Gasteiger partial charge is 0.151 e. The van der Waals surface area contributed by atoms with Crippen molar-refractivity contribution >= 4 is 27.4 Å². The SMILES string of the molecule is CN(c1ccc(-c2ccc(-c3cn[nH]c3)c3ncsc23)nn1)[C@H]1CC2CCC[C@H](C1)N2. The van der Waals surface area contributed by atoms with Gasteiger partial charge in [0.1, 0.15) is 0 Å². The summed E-state index contributed by atoms with van der Waals surface area (Å²) in [5.41, 5.74) is 6.94. The van der Waals surface area contributed by atoms with Gasteiger partial charge in [-0.1, -0.05) is 18.6 Å². The zero-order chi connectivity index (χ0) is 20.8. The summed E-state index contributed by atoms with van der Waals surface area (Å²) in [6, 6.07) is 10.2. The first-order valence-corrected chi connectivity index (χ1v) is 11.8. The van der Waals surface area contributed by atoms with Gasteiger partial charge in [0, 0.05) is 48.1 Å². The van der Waals surface area contributed by atoms with Gasteiger partial charge in [-0.3, -0.25) is 5.10 Å². The highest BCUT2D eigenvalue weighted by Crippen LogP contribution is 2.36. The van der Waals surface area contributed by atoms with Crippen LogP contribution < -0.4 is 10.2 Å². The minimum Gasteiger partial charge on any atom is -0.355 e. The lowest BCUT2D eigenvalue weighted by atomic mass is 9.83. The number of benzene rings is 1. The van der Waals surface area contributed by atoms with Gasteiger partial charge in [-0.25, -0.2) is 4.98 Å². The van der Waals surface area contributed by atoms with Crippen LogP contribution in [0.2, 0.25) is 0 Å². The number of anilines is 1. The number of aromatic amines is 1. The molecule has 31 heavy (non-hydrogen) atoms. The maximum atomic E-state index is 4.61. The molecule has 6 rings (SSSR count). The van der Waals surface area contributed by atoms with Crippen molar-refractivity contribution in [3.05, 3.63) is 42.2 Å². The average Bonchev–Trinajstić information content (AvgIpc) is 3.50. The molecule has 8 heteroatoms. The monoisotopic (exact) mass is 431 g/mol. The molecule has 2 N–H and O–H groups in total. The summed E-state index contributed by atoms with van der Waals surface area (Å²) in [7, 11) is 2.16. The van der Waals surface area contributed by atoms with Crippen molar-refractivity contribution in [3.8, 4) is 22.4 Å². The van der Waals surface area contributed by atoms with Crippen molar-refractivity contribution < 1.29 is 0 Å². The molecular weight excluding hydrogens is 406 g/mol. The van der Waals surface area contributed by atoms with E-state index in [1.54, 1.807) is 11.3 Å². The summed E-state index contributed by atoms with van der Waals surface area (Å²) in [6.45, 7) is 0. The van der Waals surface area contributed by atoms with Crippen LogP contribution >= 0.6 is 11.3 Å². The van der Waals surface area contributed by atoms with Gasteiger partial charge in [-0.2, -0.15) is 5.10 Å². The Labute approximate surface area is 184 Å². The number of hydrogen-bond donors (Lipinski definition) is 2. The van der Waals surface area contributed by atoms with Crippen LogP contribution in [0.15, 0.2) is 42.2 Å². The molecule has 0 aliphatic carbocycles.